The van der Waals surface area contributed by atoms with Gasteiger partial charge in [0, 0.05) is 42.4 Å². The second-order valence-electron chi connectivity index (χ2n) is 11.0. The molecule has 1 aromatic heterocycles. The second-order valence-corrected chi connectivity index (χ2v) is 11.0. The van der Waals surface area contributed by atoms with Gasteiger partial charge in [0.15, 0.2) is 0 Å². The summed E-state index contributed by atoms with van der Waals surface area (Å²) in [7, 11) is 0. The molecular formula is C27H36N4O3. The van der Waals surface area contributed by atoms with Gasteiger partial charge in [0.25, 0.3) is 0 Å². The number of amides is 1. The predicted octanol–water partition coefficient (Wildman–Crippen LogP) is 3.56. The SMILES string of the molecule is CC[C@]12CCC[C@@H]3[C@H]1c1c(c4cc(O)ccc4n1C(=O)C2)C[C@H]3C(=O)NNCCN1CCCC1. The van der Waals surface area contributed by atoms with Crippen molar-refractivity contribution in [3.63, 3.8) is 0 Å². The van der Waals surface area contributed by atoms with Crippen LogP contribution in [0.5, 0.6) is 5.75 Å². The fourth-order valence-corrected chi connectivity index (χ4v) is 7.79. The molecule has 1 aromatic carbocycles. The molecule has 2 aliphatic heterocycles. The average Bonchev–Trinajstić information content (AvgIpc) is 3.47. The maximum Gasteiger partial charge on any atom is 0.237 e. The van der Waals surface area contributed by atoms with E-state index in [1.807, 2.05) is 10.6 Å². The molecule has 7 nitrogen and oxygen atoms in total. The highest BCUT2D eigenvalue weighted by molar-refractivity contribution is 5.99. The minimum atomic E-state index is -0.127. The monoisotopic (exact) mass is 464 g/mol. The van der Waals surface area contributed by atoms with Gasteiger partial charge in [0.1, 0.15) is 5.75 Å². The quantitative estimate of drug-likeness (QED) is 0.450. The predicted molar refractivity (Wildman–Crippen MR) is 131 cm³/mol. The molecule has 1 amide bonds. The molecule has 4 aliphatic rings. The lowest BCUT2D eigenvalue weighted by Crippen LogP contribution is -2.53. The number of hydrogen-bond acceptors (Lipinski definition) is 5. The maximum atomic E-state index is 13.5. The first-order valence-electron chi connectivity index (χ1n) is 13.2. The van der Waals surface area contributed by atoms with E-state index >= 15 is 0 Å². The van der Waals surface area contributed by atoms with Gasteiger partial charge in [-0.05, 0) is 86.7 Å². The van der Waals surface area contributed by atoms with Gasteiger partial charge in [-0.1, -0.05) is 13.3 Å². The molecule has 0 radical (unpaired) electrons. The number of phenols is 1. The van der Waals surface area contributed by atoms with Gasteiger partial charge in [-0.25, -0.2) is 5.43 Å². The summed E-state index contributed by atoms with van der Waals surface area (Å²) in [5.74, 6) is 0.770. The maximum absolute atomic E-state index is 13.5. The van der Waals surface area contributed by atoms with Crippen LogP contribution in [0.1, 0.15) is 73.8 Å². The first-order chi connectivity index (χ1) is 16.5. The highest BCUT2D eigenvalue weighted by atomic mass is 16.3. The number of likely N-dealkylation sites (tertiary alicyclic amines) is 1. The van der Waals surface area contributed by atoms with Crippen LogP contribution in [0.25, 0.3) is 10.9 Å². The molecule has 2 aliphatic carbocycles. The molecule has 3 heterocycles. The Kier molecular flexibility index (Phi) is 5.45. The van der Waals surface area contributed by atoms with Crippen LogP contribution in [0.15, 0.2) is 18.2 Å². The van der Waals surface area contributed by atoms with Crippen molar-refractivity contribution >= 4 is 22.7 Å². The average molecular weight is 465 g/mol. The third-order valence-corrected chi connectivity index (χ3v) is 9.39. The first kappa shape index (κ1) is 22.1. The van der Waals surface area contributed by atoms with Gasteiger partial charge in [0.05, 0.1) is 5.52 Å². The summed E-state index contributed by atoms with van der Waals surface area (Å²) >= 11 is 0. The number of carbonyl (C=O) groups excluding carboxylic acids is 2. The highest BCUT2D eigenvalue weighted by Gasteiger charge is 2.57. The molecule has 0 unspecified atom stereocenters. The summed E-state index contributed by atoms with van der Waals surface area (Å²) < 4.78 is 1.93. The van der Waals surface area contributed by atoms with Crippen LogP contribution in [0.2, 0.25) is 0 Å². The number of nitrogens with one attached hydrogen (secondary N) is 2. The Bertz CT molecular complexity index is 1130. The lowest BCUT2D eigenvalue weighted by atomic mass is 9.51. The van der Waals surface area contributed by atoms with E-state index in [0.717, 1.165) is 74.0 Å². The van der Waals surface area contributed by atoms with Crippen LogP contribution in [-0.4, -0.2) is 52.6 Å². The molecule has 34 heavy (non-hydrogen) atoms. The molecule has 6 rings (SSSR count). The molecule has 0 bridgehead atoms. The molecular weight excluding hydrogens is 428 g/mol. The molecule has 1 saturated heterocycles. The number of hydrogen-bond donors (Lipinski definition) is 3. The minimum Gasteiger partial charge on any atom is -0.508 e. The Balaban J connectivity index is 1.34. The van der Waals surface area contributed by atoms with E-state index in [4.69, 9.17) is 0 Å². The van der Waals surface area contributed by atoms with Gasteiger partial charge in [-0.15, -0.1) is 0 Å². The van der Waals surface area contributed by atoms with Crippen molar-refractivity contribution in [3.8, 4) is 5.75 Å². The van der Waals surface area contributed by atoms with Crippen LogP contribution >= 0.6 is 0 Å². The van der Waals surface area contributed by atoms with Crippen molar-refractivity contribution in [3.05, 3.63) is 29.5 Å². The van der Waals surface area contributed by atoms with Crippen molar-refractivity contribution in [1.29, 1.82) is 0 Å². The van der Waals surface area contributed by atoms with E-state index in [9.17, 15) is 14.7 Å². The summed E-state index contributed by atoms with van der Waals surface area (Å²) in [6.45, 7) is 6.22. The number of benzene rings is 1. The van der Waals surface area contributed by atoms with E-state index in [0.29, 0.717) is 12.8 Å². The summed E-state index contributed by atoms with van der Waals surface area (Å²) in [5, 5.41) is 11.2. The Labute approximate surface area is 200 Å². The topological polar surface area (TPSA) is 86.6 Å². The van der Waals surface area contributed by atoms with E-state index < -0.39 is 0 Å². The first-order valence-corrected chi connectivity index (χ1v) is 13.2. The van der Waals surface area contributed by atoms with Crippen LogP contribution in [0.3, 0.4) is 0 Å². The molecule has 4 atom stereocenters. The Hall–Kier alpha value is -2.38. The molecule has 2 fully saturated rings. The smallest absolute Gasteiger partial charge is 0.237 e. The van der Waals surface area contributed by atoms with Crippen molar-refractivity contribution in [2.75, 3.05) is 26.2 Å². The van der Waals surface area contributed by atoms with E-state index in [1.165, 1.54) is 12.8 Å². The lowest BCUT2D eigenvalue weighted by molar-refractivity contribution is -0.130. The number of fused-ring (bicyclic) bond motifs is 3. The zero-order valence-corrected chi connectivity index (χ0v) is 20.1. The van der Waals surface area contributed by atoms with Gasteiger partial charge in [-0.2, -0.15) is 0 Å². The normalized spacial score (nSPS) is 30.5. The van der Waals surface area contributed by atoms with Crippen molar-refractivity contribution in [2.45, 2.75) is 64.2 Å². The number of nitrogens with zero attached hydrogens (tertiary/aromatic N) is 2. The van der Waals surface area contributed by atoms with E-state index in [1.54, 1.807) is 12.1 Å². The number of aromatic nitrogens is 1. The molecule has 3 N–H and O–H groups in total. The summed E-state index contributed by atoms with van der Waals surface area (Å²) in [6.07, 6.45) is 7.80. The fourth-order valence-electron chi connectivity index (χ4n) is 7.79. The zero-order valence-electron chi connectivity index (χ0n) is 20.1. The number of hydrazine groups is 1. The van der Waals surface area contributed by atoms with Crippen LogP contribution in [0.4, 0.5) is 0 Å². The third-order valence-electron chi connectivity index (χ3n) is 9.39. The zero-order chi connectivity index (χ0) is 23.4. The van der Waals surface area contributed by atoms with Gasteiger partial charge in [0.2, 0.25) is 11.8 Å². The lowest BCUT2D eigenvalue weighted by Gasteiger charge is -2.54. The van der Waals surface area contributed by atoms with E-state index in [-0.39, 0.29) is 40.7 Å². The molecule has 7 heteroatoms. The highest BCUT2D eigenvalue weighted by Crippen LogP contribution is 2.62. The van der Waals surface area contributed by atoms with Gasteiger partial charge in [-0.3, -0.25) is 19.6 Å². The Morgan fingerprint density at radius 3 is 2.85 bits per heavy atom. The fraction of sp³-hybridized carbons (Fsp3) is 0.630. The number of phenolic OH excluding ortho intramolecular Hbond substituents is 1. The van der Waals surface area contributed by atoms with Gasteiger partial charge >= 0.3 is 0 Å². The number of carbonyl (C=O) groups is 2. The van der Waals surface area contributed by atoms with Crippen molar-refractivity contribution in [2.24, 2.45) is 17.3 Å². The van der Waals surface area contributed by atoms with Crippen LogP contribution < -0.4 is 10.9 Å². The number of aromatic hydroxyl groups is 1. The largest absolute Gasteiger partial charge is 0.508 e. The molecule has 1 saturated carbocycles. The van der Waals surface area contributed by atoms with Crippen molar-refractivity contribution in [1.82, 2.24) is 20.3 Å². The van der Waals surface area contributed by atoms with E-state index in [2.05, 4.69) is 22.7 Å². The third kappa shape index (κ3) is 3.31. The summed E-state index contributed by atoms with van der Waals surface area (Å²) in [5.41, 5.74) is 9.28. The van der Waals surface area contributed by atoms with Crippen LogP contribution in [0, 0.1) is 17.3 Å². The Morgan fingerprint density at radius 2 is 2.06 bits per heavy atom. The molecule has 0 spiro atoms. The molecule has 182 valence electrons. The molecule has 2 aromatic rings. The standard InChI is InChI=1S/C27H36N4O3/c1-2-27-9-5-6-18-21(26(34)29-28-10-13-30-11-3-4-12-30)15-20-19-14-17(32)7-8-22(19)31(23(33)16-27)25(20)24(18)27/h7-8,14,18,21,24,28,32H,2-6,9-13,15-16H2,1H3,(H,29,34)/t18-,21+,24-,27+/m0/s1. The summed E-state index contributed by atoms with van der Waals surface area (Å²) in [6, 6.07) is 5.31. The van der Waals surface area contributed by atoms with Gasteiger partial charge < -0.3 is 10.0 Å². The summed E-state index contributed by atoms with van der Waals surface area (Å²) in [4.78, 5) is 29.4. The number of rotatable bonds is 6. The minimum absolute atomic E-state index is 0.0662. The van der Waals surface area contributed by atoms with Crippen molar-refractivity contribution < 1.29 is 14.7 Å². The Morgan fingerprint density at radius 1 is 1.24 bits per heavy atom. The second kappa shape index (κ2) is 8.38. The van der Waals surface area contributed by atoms with Crippen LogP contribution in [-0.2, 0) is 11.2 Å².